The standard InChI is InChI=1S/C20H23N3O3S/c1-13-9-22(10-14(2)26-13)19(24)8-16-12-27-20-21-18(11-23(16)20)15-4-6-17(25-3)7-5-15/h4-7,11-14H,8-10H2,1-3H3. The third-order valence-corrected chi connectivity index (χ3v) is 5.66. The number of carbonyl (C=O) groups is 1. The van der Waals surface area contributed by atoms with Gasteiger partial charge in [-0.3, -0.25) is 9.20 Å². The predicted molar refractivity (Wildman–Crippen MR) is 105 cm³/mol. The molecule has 0 N–H and O–H groups in total. The number of hydrogen-bond acceptors (Lipinski definition) is 5. The molecule has 2 unspecified atom stereocenters. The molecule has 0 saturated carbocycles. The fourth-order valence-electron chi connectivity index (χ4n) is 3.51. The van der Waals surface area contributed by atoms with E-state index in [1.54, 1.807) is 18.4 Å². The second-order valence-corrected chi connectivity index (χ2v) is 7.80. The van der Waals surface area contributed by atoms with Crippen molar-refractivity contribution in [3.8, 4) is 17.0 Å². The number of carbonyl (C=O) groups excluding carboxylic acids is 1. The predicted octanol–water partition coefficient (Wildman–Crippen LogP) is 3.25. The molecule has 1 aromatic carbocycles. The minimum atomic E-state index is 0.0788. The van der Waals surface area contributed by atoms with Gasteiger partial charge in [-0.2, -0.15) is 0 Å². The lowest BCUT2D eigenvalue weighted by Gasteiger charge is -2.35. The summed E-state index contributed by atoms with van der Waals surface area (Å²) in [5.74, 6) is 0.955. The number of imidazole rings is 1. The molecule has 7 heteroatoms. The van der Waals surface area contributed by atoms with Gasteiger partial charge in [0.1, 0.15) is 5.75 Å². The van der Waals surface area contributed by atoms with E-state index in [1.807, 2.05) is 59.0 Å². The largest absolute Gasteiger partial charge is 0.497 e. The van der Waals surface area contributed by atoms with E-state index in [2.05, 4.69) is 0 Å². The first kappa shape index (κ1) is 18.0. The van der Waals surface area contributed by atoms with Crippen LogP contribution in [0, 0.1) is 0 Å². The van der Waals surface area contributed by atoms with Gasteiger partial charge in [0.05, 0.1) is 31.4 Å². The van der Waals surface area contributed by atoms with Gasteiger partial charge < -0.3 is 14.4 Å². The quantitative estimate of drug-likeness (QED) is 0.692. The fourth-order valence-corrected chi connectivity index (χ4v) is 4.38. The van der Waals surface area contributed by atoms with Crippen LogP contribution in [0.1, 0.15) is 19.5 Å². The topological polar surface area (TPSA) is 56.1 Å². The highest BCUT2D eigenvalue weighted by atomic mass is 32.1. The monoisotopic (exact) mass is 385 g/mol. The van der Waals surface area contributed by atoms with Crippen molar-refractivity contribution in [3.05, 3.63) is 41.5 Å². The fraction of sp³-hybridized carbons (Fsp3) is 0.400. The summed E-state index contributed by atoms with van der Waals surface area (Å²) in [6.07, 6.45) is 2.53. The van der Waals surface area contributed by atoms with Gasteiger partial charge in [-0.15, -0.1) is 11.3 Å². The number of amides is 1. The summed E-state index contributed by atoms with van der Waals surface area (Å²) < 4.78 is 13.0. The Hall–Kier alpha value is -2.38. The Bertz CT molecular complexity index is 937. The molecule has 27 heavy (non-hydrogen) atoms. The van der Waals surface area contributed by atoms with Crippen molar-refractivity contribution in [2.24, 2.45) is 0 Å². The van der Waals surface area contributed by atoms with Crippen molar-refractivity contribution in [3.63, 3.8) is 0 Å². The van der Waals surface area contributed by atoms with Crippen LogP contribution in [0.4, 0.5) is 0 Å². The Morgan fingerprint density at radius 2 is 1.96 bits per heavy atom. The number of rotatable bonds is 4. The molecule has 3 aromatic rings. The van der Waals surface area contributed by atoms with Crippen LogP contribution in [0.3, 0.4) is 0 Å². The molecular weight excluding hydrogens is 362 g/mol. The smallest absolute Gasteiger partial charge is 0.228 e. The van der Waals surface area contributed by atoms with Crippen LogP contribution in [0.2, 0.25) is 0 Å². The summed E-state index contributed by atoms with van der Waals surface area (Å²) in [4.78, 5) is 20.3. The zero-order valence-corrected chi connectivity index (χ0v) is 16.5. The lowest BCUT2D eigenvalue weighted by Crippen LogP contribution is -2.48. The van der Waals surface area contributed by atoms with Crippen LogP contribution in [0.15, 0.2) is 35.8 Å². The van der Waals surface area contributed by atoms with Crippen LogP contribution in [0.25, 0.3) is 16.2 Å². The number of benzene rings is 1. The third kappa shape index (κ3) is 3.70. The average molecular weight is 385 g/mol. The lowest BCUT2D eigenvalue weighted by molar-refractivity contribution is -0.142. The highest BCUT2D eigenvalue weighted by Crippen LogP contribution is 2.26. The zero-order valence-electron chi connectivity index (χ0n) is 15.7. The van der Waals surface area contributed by atoms with Crippen LogP contribution in [-0.4, -0.2) is 52.6 Å². The molecule has 3 heterocycles. The van der Waals surface area contributed by atoms with Crippen molar-refractivity contribution < 1.29 is 14.3 Å². The molecule has 4 rings (SSSR count). The Kier molecular flexibility index (Phi) is 4.88. The Labute approximate surface area is 162 Å². The van der Waals surface area contributed by atoms with Crippen LogP contribution >= 0.6 is 11.3 Å². The highest BCUT2D eigenvalue weighted by Gasteiger charge is 2.26. The molecule has 1 aliphatic rings. The second kappa shape index (κ2) is 7.32. The summed E-state index contributed by atoms with van der Waals surface area (Å²) in [6, 6.07) is 7.83. The van der Waals surface area contributed by atoms with Crippen molar-refractivity contribution in [1.29, 1.82) is 0 Å². The van der Waals surface area contributed by atoms with E-state index >= 15 is 0 Å². The van der Waals surface area contributed by atoms with E-state index in [1.165, 1.54) is 0 Å². The normalized spacial score (nSPS) is 20.2. The van der Waals surface area contributed by atoms with Gasteiger partial charge in [0.15, 0.2) is 4.96 Å². The molecule has 6 nitrogen and oxygen atoms in total. The molecule has 0 bridgehead atoms. The molecule has 1 fully saturated rings. The van der Waals surface area contributed by atoms with Crippen molar-refractivity contribution >= 4 is 22.2 Å². The highest BCUT2D eigenvalue weighted by molar-refractivity contribution is 7.15. The maximum Gasteiger partial charge on any atom is 0.228 e. The summed E-state index contributed by atoms with van der Waals surface area (Å²) in [5.41, 5.74) is 2.89. The molecule has 1 aliphatic heterocycles. The van der Waals surface area contributed by atoms with Gasteiger partial charge in [0.2, 0.25) is 5.91 Å². The molecule has 0 aliphatic carbocycles. The van der Waals surface area contributed by atoms with E-state index in [-0.39, 0.29) is 18.1 Å². The van der Waals surface area contributed by atoms with Crippen LogP contribution < -0.4 is 4.74 Å². The number of thiazole rings is 1. The summed E-state index contributed by atoms with van der Waals surface area (Å²) in [6.45, 7) is 5.32. The minimum absolute atomic E-state index is 0.0788. The molecule has 0 spiro atoms. The van der Waals surface area contributed by atoms with Crippen LogP contribution in [0.5, 0.6) is 5.75 Å². The zero-order chi connectivity index (χ0) is 19.0. The van der Waals surface area contributed by atoms with Crippen molar-refractivity contribution in [1.82, 2.24) is 14.3 Å². The van der Waals surface area contributed by atoms with Gasteiger partial charge in [-0.05, 0) is 38.1 Å². The van der Waals surface area contributed by atoms with Crippen molar-refractivity contribution in [2.75, 3.05) is 20.2 Å². The molecular formula is C20H23N3O3S. The van der Waals surface area contributed by atoms with E-state index in [0.29, 0.717) is 19.5 Å². The van der Waals surface area contributed by atoms with E-state index in [4.69, 9.17) is 14.5 Å². The average Bonchev–Trinajstić information content (AvgIpc) is 3.23. The van der Waals surface area contributed by atoms with E-state index < -0.39 is 0 Å². The Balaban J connectivity index is 1.54. The second-order valence-electron chi connectivity index (χ2n) is 6.97. The lowest BCUT2D eigenvalue weighted by atomic mass is 10.1. The number of fused-ring (bicyclic) bond motifs is 1. The number of morpholine rings is 1. The first-order valence-corrected chi connectivity index (χ1v) is 9.94. The van der Waals surface area contributed by atoms with Gasteiger partial charge in [0.25, 0.3) is 0 Å². The number of methoxy groups -OCH3 is 1. The molecule has 1 amide bonds. The van der Waals surface area contributed by atoms with Crippen LogP contribution in [-0.2, 0) is 16.0 Å². The SMILES string of the molecule is COc1ccc(-c2cn3c(CC(=O)N4CC(C)OC(C)C4)csc3n2)cc1. The molecule has 0 radical (unpaired) electrons. The van der Waals surface area contributed by atoms with Gasteiger partial charge in [-0.1, -0.05) is 0 Å². The van der Waals surface area contributed by atoms with Gasteiger partial charge in [-0.25, -0.2) is 4.98 Å². The van der Waals surface area contributed by atoms with Gasteiger partial charge >= 0.3 is 0 Å². The van der Waals surface area contributed by atoms with E-state index in [9.17, 15) is 4.79 Å². The maximum atomic E-state index is 12.8. The molecule has 1 saturated heterocycles. The minimum Gasteiger partial charge on any atom is -0.497 e. The Morgan fingerprint density at radius 3 is 2.63 bits per heavy atom. The molecule has 142 valence electrons. The number of nitrogens with zero attached hydrogens (tertiary/aromatic N) is 3. The number of hydrogen-bond donors (Lipinski definition) is 0. The number of ether oxygens (including phenoxy) is 2. The van der Waals surface area contributed by atoms with Crippen molar-refractivity contribution in [2.45, 2.75) is 32.5 Å². The summed E-state index contributed by atoms with van der Waals surface area (Å²) in [5, 5.41) is 2.02. The Morgan fingerprint density at radius 1 is 1.26 bits per heavy atom. The maximum absolute atomic E-state index is 12.8. The van der Waals surface area contributed by atoms with Gasteiger partial charge in [0, 0.05) is 35.9 Å². The first-order valence-electron chi connectivity index (χ1n) is 9.06. The molecule has 2 atom stereocenters. The summed E-state index contributed by atoms with van der Waals surface area (Å²) >= 11 is 1.56. The summed E-state index contributed by atoms with van der Waals surface area (Å²) in [7, 11) is 1.65. The number of aromatic nitrogens is 2. The third-order valence-electron chi connectivity index (χ3n) is 4.77. The molecule has 2 aromatic heterocycles. The first-order chi connectivity index (χ1) is 13.0. The van der Waals surface area contributed by atoms with E-state index in [0.717, 1.165) is 27.7 Å².